The van der Waals surface area contributed by atoms with E-state index in [2.05, 4.69) is 12.2 Å². The molecule has 1 amide bonds. The number of unbranched alkanes of at least 4 members (excludes halogenated alkanes) is 3. The summed E-state index contributed by atoms with van der Waals surface area (Å²) in [5.41, 5.74) is 0.298. The minimum absolute atomic E-state index is 0.0979. The molecule has 0 spiro atoms. The van der Waals surface area contributed by atoms with Crippen molar-refractivity contribution < 1.29 is 18.5 Å². The Labute approximate surface area is 157 Å². The Hall–Kier alpha value is -1.40. The van der Waals surface area contributed by atoms with Crippen LogP contribution in [0, 0.1) is 12.7 Å². The Kier molecular flexibility index (Phi) is 6.51. The fraction of sp³-hybridized carbons (Fsp3) is 0.650. The topological polar surface area (TPSA) is 47.6 Å². The van der Waals surface area contributed by atoms with Crippen LogP contribution in [0.5, 0.6) is 0 Å². The molecule has 0 aromatic heterocycles. The zero-order valence-corrected chi connectivity index (χ0v) is 16.9. The van der Waals surface area contributed by atoms with Crippen molar-refractivity contribution in [2.45, 2.75) is 78.4 Å². The van der Waals surface area contributed by atoms with Crippen LogP contribution in [0.4, 0.5) is 4.39 Å². The first kappa shape index (κ1) is 20.9. The minimum atomic E-state index is -0.639. The number of benzene rings is 1. The van der Waals surface area contributed by atoms with Crippen LogP contribution in [-0.4, -0.2) is 30.8 Å². The predicted octanol–water partition coefficient (Wildman–Crippen LogP) is 3.74. The molecule has 1 heterocycles. The van der Waals surface area contributed by atoms with Crippen molar-refractivity contribution in [2.75, 3.05) is 6.54 Å². The summed E-state index contributed by atoms with van der Waals surface area (Å²) in [6.45, 7) is 12.3. The van der Waals surface area contributed by atoms with Gasteiger partial charge in [0, 0.05) is 6.54 Å². The Morgan fingerprint density at radius 1 is 1.12 bits per heavy atom. The van der Waals surface area contributed by atoms with E-state index in [9.17, 15) is 9.18 Å². The van der Waals surface area contributed by atoms with Gasteiger partial charge in [-0.1, -0.05) is 32.3 Å². The second-order valence-electron chi connectivity index (χ2n) is 8.10. The van der Waals surface area contributed by atoms with Crippen LogP contribution in [-0.2, 0) is 9.31 Å². The Morgan fingerprint density at radius 2 is 1.73 bits per heavy atom. The first-order valence-corrected chi connectivity index (χ1v) is 9.53. The van der Waals surface area contributed by atoms with Crippen molar-refractivity contribution >= 4 is 18.5 Å². The van der Waals surface area contributed by atoms with E-state index in [1.165, 1.54) is 6.07 Å². The number of rotatable bonds is 7. The first-order chi connectivity index (χ1) is 12.1. The summed E-state index contributed by atoms with van der Waals surface area (Å²) in [4.78, 5) is 12.3. The van der Waals surface area contributed by atoms with Gasteiger partial charge < -0.3 is 14.6 Å². The summed E-state index contributed by atoms with van der Waals surface area (Å²) >= 11 is 0. The molecule has 0 atom stereocenters. The molecule has 2 rings (SSSR count). The lowest BCUT2D eigenvalue weighted by Gasteiger charge is -2.32. The average Bonchev–Trinajstić information content (AvgIpc) is 2.74. The molecule has 1 N–H and O–H groups in total. The molecule has 6 heteroatoms. The van der Waals surface area contributed by atoms with Gasteiger partial charge in [0.25, 0.3) is 5.91 Å². The summed E-state index contributed by atoms with van der Waals surface area (Å²) in [7, 11) is -0.639. The summed E-state index contributed by atoms with van der Waals surface area (Å²) < 4.78 is 26.6. The van der Waals surface area contributed by atoms with Crippen molar-refractivity contribution in [3.05, 3.63) is 29.1 Å². The molecule has 4 nitrogen and oxygen atoms in total. The van der Waals surface area contributed by atoms with E-state index in [0.717, 1.165) is 25.7 Å². The molecule has 1 aliphatic heterocycles. The van der Waals surface area contributed by atoms with Crippen molar-refractivity contribution in [1.82, 2.24) is 5.32 Å². The molecule has 0 bridgehead atoms. The molecule has 0 unspecified atom stereocenters. The molecule has 1 aromatic rings. The van der Waals surface area contributed by atoms with E-state index in [1.807, 2.05) is 27.7 Å². The van der Waals surface area contributed by atoms with Crippen molar-refractivity contribution in [3.63, 3.8) is 0 Å². The number of hydrogen-bond acceptors (Lipinski definition) is 3. The van der Waals surface area contributed by atoms with Crippen molar-refractivity contribution in [3.8, 4) is 0 Å². The molecule has 144 valence electrons. The molecule has 1 aromatic carbocycles. The third-order valence-corrected chi connectivity index (χ3v) is 5.38. The molecule has 0 aliphatic carbocycles. The van der Waals surface area contributed by atoms with E-state index in [-0.39, 0.29) is 11.5 Å². The van der Waals surface area contributed by atoms with Crippen LogP contribution in [0.25, 0.3) is 0 Å². The molecular weight excluding hydrogens is 332 g/mol. The Morgan fingerprint density at radius 3 is 2.27 bits per heavy atom. The summed E-state index contributed by atoms with van der Waals surface area (Å²) in [5.74, 6) is -0.905. The second-order valence-corrected chi connectivity index (χ2v) is 8.10. The number of carbonyl (C=O) groups is 1. The van der Waals surface area contributed by atoms with Gasteiger partial charge in [-0.3, -0.25) is 4.79 Å². The van der Waals surface area contributed by atoms with Gasteiger partial charge >= 0.3 is 7.12 Å². The van der Waals surface area contributed by atoms with E-state index < -0.39 is 24.1 Å². The molecule has 1 aliphatic rings. The summed E-state index contributed by atoms with van der Waals surface area (Å²) in [6, 6.07) is 3.12. The molecule has 1 saturated heterocycles. The molecule has 0 saturated carbocycles. The van der Waals surface area contributed by atoms with E-state index in [0.29, 0.717) is 17.6 Å². The van der Waals surface area contributed by atoms with Gasteiger partial charge in [-0.2, -0.15) is 0 Å². The third kappa shape index (κ3) is 4.47. The fourth-order valence-corrected chi connectivity index (χ4v) is 3.02. The van der Waals surface area contributed by atoms with Crippen molar-refractivity contribution in [2.24, 2.45) is 0 Å². The lowest BCUT2D eigenvalue weighted by Crippen LogP contribution is -2.41. The monoisotopic (exact) mass is 363 g/mol. The van der Waals surface area contributed by atoms with Gasteiger partial charge in [0.05, 0.1) is 16.8 Å². The lowest BCUT2D eigenvalue weighted by molar-refractivity contribution is 0.00578. The molecule has 0 radical (unpaired) electrons. The number of aryl methyl sites for hydroxylation is 1. The number of amides is 1. The number of hydrogen-bond donors (Lipinski definition) is 1. The number of carbonyl (C=O) groups excluding carboxylic acids is 1. The standard InChI is InChI=1S/C20H31BFNO3/c1-7-8-9-10-11-23-18(24)17-14(2)12-15(13-16(17)22)21-25-19(3,4)20(5,6)26-21/h12-13H,7-11H2,1-6H3,(H,23,24). The van der Waals surface area contributed by atoms with Gasteiger partial charge in [-0.15, -0.1) is 0 Å². The highest BCUT2D eigenvalue weighted by molar-refractivity contribution is 6.62. The maximum atomic E-state index is 14.7. The van der Waals surface area contributed by atoms with E-state index >= 15 is 0 Å². The number of nitrogens with one attached hydrogen (secondary N) is 1. The van der Waals surface area contributed by atoms with Gasteiger partial charge in [-0.25, -0.2) is 4.39 Å². The van der Waals surface area contributed by atoms with E-state index in [4.69, 9.17) is 9.31 Å². The maximum absolute atomic E-state index is 14.7. The Bertz CT molecular complexity index is 621. The van der Waals surface area contributed by atoms with Crippen LogP contribution in [0.15, 0.2) is 12.1 Å². The van der Waals surface area contributed by atoms with Crippen LogP contribution in [0.3, 0.4) is 0 Å². The molecular formula is C20H31BFNO3. The normalized spacial score (nSPS) is 18.2. The quantitative estimate of drug-likeness (QED) is 0.593. The van der Waals surface area contributed by atoms with Crippen LogP contribution < -0.4 is 10.8 Å². The van der Waals surface area contributed by atoms with Crippen molar-refractivity contribution in [1.29, 1.82) is 0 Å². The van der Waals surface area contributed by atoms with Gasteiger partial charge in [0.2, 0.25) is 0 Å². The number of halogens is 1. The second kappa shape index (κ2) is 8.09. The predicted molar refractivity (Wildman–Crippen MR) is 103 cm³/mol. The lowest BCUT2D eigenvalue weighted by atomic mass is 9.77. The van der Waals surface area contributed by atoms with Gasteiger partial charge in [-0.05, 0) is 58.1 Å². The molecule has 1 fully saturated rings. The van der Waals surface area contributed by atoms with Gasteiger partial charge in [0.15, 0.2) is 0 Å². The largest absolute Gasteiger partial charge is 0.494 e. The van der Waals surface area contributed by atoms with Crippen LogP contribution >= 0.6 is 0 Å². The summed E-state index contributed by atoms with van der Waals surface area (Å²) in [5, 5.41) is 2.81. The van der Waals surface area contributed by atoms with Crippen LogP contribution in [0.1, 0.15) is 76.2 Å². The van der Waals surface area contributed by atoms with Crippen LogP contribution in [0.2, 0.25) is 0 Å². The summed E-state index contributed by atoms with van der Waals surface area (Å²) in [6.07, 6.45) is 4.26. The highest BCUT2D eigenvalue weighted by Gasteiger charge is 2.51. The van der Waals surface area contributed by atoms with Gasteiger partial charge in [0.1, 0.15) is 5.82 Å². The minimum Gasteiger partial charge on any atom is -0.399 e. The Balaban J connectivity index is 2.10. The zero-order chi connectivity index (χ0) is 19.5. The highest BCUT2D eigenvalue weighted by atomic mass is 19.1. The third-order valence-electron chi connectivity index (χ3n) is 5.38. The maximum Gasteiger partial charge on any atom is 0.494 e. The average molecular weight is 363 g/mol. The molecule has 26 heavy (non-hydrogen) atoms. The zero-order valence-electron chi connectivity index (χ0n) is 16.9. The fourth-order valence-electron chi connectivity index (χ4n) is 3.02. The first-order valence-electron chi connectivity index (χ1n) is 9.53. The smallest absolute Gasteiger partial charge is 0.399 e. The SMILES string of the molecule is CCCCCCNC(=O)c1c(C)cc(B2OC(C)(C)C(C)(C)O2)cc1F. The van der Waals surface area contributed by atoms with E-state index in [1.54, 1.807) is 13.0 Å². The highest BCUT2D eigenvalue weighted by Crippen LogP contribution is 2.36.